The Morgan fingerprint density at radius 2 is 1.88 bits per heavy atom. The van der Waals surface area contributed by atoms with Gasteiger partial charge in [0.2, 0.25) is 0 Å². The van der Waals surface area contributed by atoms with Crippen molar-refractivity contribution < 1.29 is 0 Å². The van der Waals surface area contributed by atoms with Gasteiger partial charge in [0.1, 0.15) is 5.82 Å². The predicted molar refractivity (Wildman–Crippen MR) is 69.1 cm³/mol. The highest BCUT2D eigenvalue weighted by Gasteiger charge is 2.20. The van der Waals surface area contributed by atoms with Crippen LogP contribution in [0.5, 0.6) is 0 Å². The zero-order valence-corrected chi connectivity index (χ0v) is 10.5. The van der Waals surface area contributed by atoms with E-state index in [0.717, 1.165) is 18.3 Å². The van der Waals surface area contributed by atoms with Crippen molar-refractivity contribution in [3.63, 3.8) is 0 Å². The molecule has 17 heavy (non-hydrogen) atoms. The lowest BCUT2D eigenvalue weighted by atomic mass is 9.94. The Kier molecular flexibility index (Phi) is 3.46. The molecule has 1 saturated heterocycles. The first-order chi connectivity index (χ1) is 8.42. The molecule has 3 heteroatoms. The summed E-state index contributed by atoms with van der Waals surface area (Å²) in [6, 6.07) is 0. The molecule has 1 aromatic heterocycles. The highest BCUT2D eigenvalue weighted by Crippen LogP contribution is 2.33. The maximum absolute atomic E-state index is 4.58. The van der Waals surface area contributed by atoms with Crippen molar-refractivity contribution in [3.05, 3.63) is 17.7 Å². The number of imidazole rings is 1. The number of piperidine rings is 1. The topological polar surface area (TPSA) is 40.7 Å². The molecule has 3 rings (SSSR count). The minimum Gasteiger partial charge on any atom is -0.346 e. The molecule has 0 atom stereocenters. The quantitative estimate of drug-likeness (QED) is 0.842. The molecule has 1 aliphatic carbocycles. The van der Waals surface area contributed by atoms with Crippen LogP contribution < -0.4 is 5.32 Å². The molecule has 2 N–H and O–H groups in total. The number of rotatable bonds is 3. The Morgan fingerprint density at radius 3 is 2.65 bits per heavy atom. The molecule has 0 spiro atoms. The molecular formula is C14H23N3. The standard InChI is InChI=1S/C14H23N3/c1-2-4-12(3-1)13-10-16-14(17-13)9-11-5-7-15-8-6-11/h10-12,15H,1-9H2,(H,16,17). The van der Waals surface area contributed by atoms with E-state index in [9.17, 15) is 0 Å². The van der Waals surface area contributed by atoms with E-state index in [4.69, 9.17) is 0 Å². The van der Waals surface area contributed by atoms with Crippen LogP contribution in [0.3, 0.4) is 0 Å². The summed E-state index contributed by atoms with van der Waals surface area (Å²) in [5.41, 5.74) is 1.39. The number of hydrogen-bond acceptors (Lipinski definition) is 2. The summed E-state index contributed by atoms with van der Waals surface area (Å²) < 4.78 is 0. The van der Waals surface area contributed by atoms with Crippen LogP contribution in [0.15, 0.2) is 6.20 Å². The fourth-order valence-electron chi connectivity index (χ4n) is 3.29. The van der Waals surface area contributed by atoms with Crippen molar-refractivity contribution in [2.24, 2.45) is 5.92 Å². The highest BCUT2D eigenvalue weighted by atomic mass is 14.9. The van der Waals surface area contributed by atoms with E-state index < -0.39 is 0 Å². The van der Waals surface area contributed by atoms with Gasteiger partial charge in [-0.1, -0.05) is 12.8 Å². The lowest BCUT2D eigenvalue weighted by molar-refractivity contribution is 0.368. The number of nitrogens with zero attached hydrogens (tertiary/aromatic N) is 1. The van der Waals surface area contributed by atoms with Crippen LogP contribution in [0.2, 0.25) is 0 Å². The summed E-state index contributed by atoms with van der Waals surface area (Å²) in [6.07, 6.45) is 11.4. The van der Waals surface area contributed by atoms with Gasteiger partial charge in [0.25, 0.3) is 0 Å². The van der Waals surface area contributed by atoms with Crippen LogP contribution in [0.4, 0.5) is 0 Å². The SMILES string of the molecule is c1nc(CC2CCNCC2)[nH]c1C1CCCC1. The highest BCUT2D eigenvalue weighted by molar-refractivity contribution is 5.09. The second-order valence-electron chi connectivity index (χ2n) is 5.66. The average Bonchev–Trinajstić information content (AvgIpc) is 3.00. The second kappa shape index (κ2) is 5.21. The third kappa shape index (κ3) is 2.71. The summed E-state index contributed by atoms with van der Waals surface area (Å²) in [4.78, 5) is 8.15. The van der Waals surface area contributed by atoms with Gasteiger partial charge in [0.05, 0.1) is 0 Å². The van der Waals surface area contributed by atoms with E-state index in [0.29, 0.717) is 0 Å². The summed E-state index contributed by atoms with van der Waals surface area (Å²) >= 11 is 0. The third-order valence-electron chi connectivity index (χ3n) is 4.38. The predicted octanol–water partition coefficient (Wildman–Crippen LogP) is 2.61. The van der Waals surface area contributed by atoms with Gasteiger partial charge in [0, 0.05) is 24.2 Å². The molecular weight excluding hydrogens is 210 g/mol. The number of aromatic amines is 1. The maximum atomic E-state index is 4.58. The first-order valence-electron chi connectivity index (χ1n) is 7.16. The van der Waals surface area contributed by atoms with Gasteiger partial charge in [0.15, 0.2) is 0 Å². The van der Waals surface area contributed by atoms with E-state index in [-0.39, 0.29) is 0 Å². The van der Waals surface area contributed by atoms with Crippen LogP contribution in [-0.2, 0) is 6.42 Å². The zero-order chi connectivity index (χ0) is 11.5. The molecule has 2 fully saturated rings. The van der Waals surface area contributed by atoms with E-state index in [1.807, 2.05) is 0 Å². The summed E-state index contributed by atoms with van der Waals surface area (Å²) in [5.74, 6) is 2.82. The zero-order valence-electron chi connectivity index (χ0n) is 10.5. The summed E-state index contributed by atoms with van der Waals surface area (Å²) in [7, 11) is 0. The molecule has 0 amide bonds. The minimum absolute atomic E-state index is 0.768. The molecule has 94 valence electrons. The Morgan fingerprint density at radius 1 is 1.12 bits per heavy atom. The van der Waals surface area contributed by atoms with Gasteiger partial charge in [-0.15, -0.1) is 0 Å². The first kappa shape index (κ1) is 11.3. The van der Waals surface area contributed by atoms with Crippen molar-refractivity contribution in [1.82, 2.24) is 15.3 Å². The smallest absolute Gasteiger partial charge is 0.106 e. The van der Waals surface area contributed by atoms with Gasteiger partial charge in [-0.05, 0) is 44.7 Å². The molecule has 3 nitrogen and oxygen atoms in total. The first-order valence-corrected chi connectivity index (χ1v) is 7.16. The Balaban J connectivity index is 1.59. The van der Waals surface area contributed by atoms with E-state index in [1.54, 1.807) is 0 Å². The summed E-state index contributed by atoms with van der Waals surface area (Å²) in [5, 5.41) is 3.42. The lowest BCUT2D eigenvalue weighted by Gasteiger charge is -2.21. The molecule has 0 radical (unpaired) electrons. The molecule has 1 aliphatic heterocycles. The lowest BCUT2D eigenvalue weighted by Crippen LogP contribution is -2.28. The largest absolute Gasteiger partial charge is 0.346 e. The molecule has 0 aromatic carbocycles. The Labute approximate surface area is 103 Å². The van der Waals surface area contributed by atoms with Crippen molar-refractivity contribution in [3.8, 4) is 0 Å². The number of hydrogen-bond donors (Lipinski definition) is 2. The van der Waals surface area contributed by atoms with Crippen molar-refractivity contribution in [1.29, 1.82) is 0 Å². The Bertz CT molecular complexity index is 346. The molecule has 1 aromatic rings. The fraction of sp³-hybridized carbons (Fsp3) is 0.786. The van der Waals surface area contributed by atoms with Gasteiger partial charge in [-0.2, -0.15) is 0 Å². The van der Waals surface area contributed by atoms with Crippen LogP contribution in [0.1, 0.15) is 56.0 Å². The molecule has 2 aliphatic rings. The molecule has 0 bridgehead atoms. The van der Waals surface area contributed by atoms with E-state index in [1.165, 1.54) is 63.1 Å². The number of H-pyrrole nitrogens is 1. The molecule has 0 unspecified atom stereocenters. The summed E-state index contributed by atoms with van der Waals surface area (Å²) in [6.45, 7) is 2.36. The van der Waals surface area contributed by atoms with Gasteiger partial charge in [-0.25, -0.2) is 4.98 Å². The van der Waals surface area contributed by atoms with Crippen LogP contribution >= 0.6 is 0 Å². The van der Waals surface area contributed by atoms with Crippen LogP contribution in [0.25, 0.3) is 0 Å². The number of nitrogens with one attached hydrogen (secondary N) is 2. The van der Waals surface area contributed by atoms with Crippen molar-refractivity contribution in [2.75, 3.05) is 13.1 Å². The van der Waals surface area contributed by atoms with Gasteiger partial charge in [-0.3, -0.25) is 0 Å². The normalized spacial score (nSPS) is 23.3. The fourth-order valence-corrected chi connectivity index (χ4v) is 3.29. The third-order valence-corrected chi connectivity index (χ3v) is 4.38. The van der Waals surface area contributed by atoms with Crippen molar-refractivity contribution in [2.45, 2.75) is 50.9 Å². The van der Waals surface area contributed by atoms with E-state index in [2.05, 4.69) is 21.5 Å². The van der Waals surface area contributed by atoms with Crippen LogP contribution in [-0.4, -0.2) is 23.1 Å². The minimum atomic E-state index is 0.768. The maximum Gasteiger partial charge on any atom is 0.106 e. The molecule has 1 saturated carbocycles. The Hall–Kier alpha value is -0.830. The van der Waals surface area contributed by atoms with Gasteiger partial charge < -0.3 is 10.3 Å². The second-order valence-corrected chi connectivity index (χ2v) is 5.66. The monoisotopic (exact) mass is 233 g/mol. The van der Waals surface area contributed by atoms with Crippen LogP contribution in [0, 0.1) is 5.92 Å². The van der Waals surface area contributed by atoms with Crippen molar-refractivity contribution >= 4 is 0 Å². The number of aromatic nitrogens is 2. The van der Waals surface area contributed by atoms with Gasteiger partial charge >= 0.3 is 0 Å². The molecule has 2 heterocycles. The van der Waals surface area contributed by atoms with E-state index >= 15 is 0 Å². The average molecular weight is 233 g/mol.